The minimum absolute atomic E-state index is 0.0147. The fraction of sp³-hybridized carbons (Fsp3) is 0.615. The predicted molar refractivity (Wildman–Crippen MR) is 76.1 cm³/mol. The molecule has 1 amide bonds. The zero-order chi connectivity index (χ0) is 13.2. The van der Waals surface area contributed by atoms with E-state index in [-0.39, 0.29) is 17.5 Å². The van der Waals surface area contributed by atoms with Gasteiger partial charge in [0.1, 0.15) is 0 Å². The molecule has 3 nitrogen and oxygen atoms in total. The van der Waals surface area contributed by atoms with E-state index in [0.29, 0.717) is 0 Å². The van der Waals surface area contributed by atoms with Gasteiger partial charge in [-0.15, -0.1) is 11.3 Å². The number of carbonyl (C=O) groups excluding carboxylic acids is 1. The highest BCUT2D eigenvalue weighted by Crippen LogP contribution is 2.28. The van der Waals surface area contributed by atoms with E-state index in [9.17, 15) is 4.79 Å². The zero-order valence-corrected chi connectivity index (χ0v) is 12.3. The smallest absolute Gasteiger partial charge is 0.240 e. The molecule has 0 radical (unpaired) electrons. The van der Waals surface area contributed by atoms with Crippen molar-refractivity contribution >= 4 is 28.8 Å². The normalized spacial score (nSPS) is 25.1. The van der Waals surface area contributed by atoms with E-state index in [1.165, 1.54) is 11.3 Å². The third-order valence-corrected chi connectivity index (χ3v) is 5.06. The van der Waals surface area contributed by atoms with Crippen molar-refractivity contribution < 1.29 is 4.79 Å². The lowest BCUT2D eigenvalue weighted by atomic mass is 9.93. The molecule has 1 aromatic rings. The summed E-state index contributed by atoms with van der Waals surface area (Å²) in [6.07, 6.45) is 2.82. The number of hydrogen-bond acceptors (Lipinski definition) is 3. The molecular weight excluding hydrogens is 268 g/mol. The highest BCUT2D eigenvalue weighted by atomic mass is 35.5. The summed E-state index contributed by atoms with van der Waals surface area (Å²) in [7, 11) is 0. The largest absolute Gasteiger partial charge is 0.347 e. The highest BCUT2D eigenvalue weighted by molar-refractivity contribution is 7.16. The molecule has 2 N–H and O–H groups in total. The number of thiophene rings is 1. The van der Waals surface area contributed by atoms with E-state index in [2.05, 4.69) is 17.6 Å². The monoisotopic (exact) mass is 286 g/mol. The van der Waals surface area contributed by atoms with Crippen molar-refractivity contribution in [1.29, 1.82) is 0 Å². The number of nitrogens with one attached hydrogen (secondary N) is 2. The van der Waals surface area contributed by atoms with Crippen LogP contribution in [0.1, 0.15) is 44.0 Å². The summed E-state index contributed by atoms with van der Waals surface area (Å²) in [5, 5.41) is 6.44. The number of amides is 1. The van der Waals surface area contributed by atoms with Crippen LogP contribution < -0.4 is 10.6 Å². The molecule has 18 heavy (non-hydrogen) atoms. The van der Waals surface area contributed by atoms with Crippen LogP contribution in [0.3, 0.4) is 0 Å². The molecular formula is C13H19ClN2OS. The van der Waals surface area contributed by atoms with E-state index in [4.69, 9.17) is 11.6 Å². The Hall–Kier alpha value is -0.580. The molecule has 0 aliphatic carbocycles. The lowest BCUT2D eigenvalue weighted by molar-refractivity contribution is -0.127. The van der Waals surface area contributed by atoms with Crippen LogP contribution in [0, 0.1) is 0 Å². The molecule has 1 aliphatic rings. The lowest BCUT2D eigenvalue weighted by Gasteiger charge is -2.28. The molecule has 0 saturated carbocycles. The quantitative estimate of drug-likeness (QED) is 0.893. The summed E-state index contributed by atoms with van der Waals surface area (Å²) in [4.78, 5) is 13.5. The van der Waals surface area contributed by atoms with Crippen LogP contribution in [-0.4, -0.2) is 18.0 Å². The number of carbonyl (C=O) groups is 1. The molecule has 2 unspecified atom stereocenters. The van der Waals surface area contributed by atoms with Gasteiger partial charge in [0.15, 0.2) is 0 Å². The first-order chi connectivity index (χ1) is 8.57. The first-order valence-corrected chi connectivity index (χ1v) is 7.58. The summed E-state index contributed by atoms with van der Waals surface area (Å²) in [6.45, 7) is 4.99. The topological polar surface area (TPSA) is 41.1 Å². The van der Waals surface area contributed by atoms with Crippen molar-refractivity contribution in [1.82, 2.24) is 10.6 Å². The molecule has 0 spiro atoms. The second-order valence-electron chi connectivity index (χ2n) is 4.80. The Morgan fingerprint density at radius 1 is 1.67 bits per heavy atom. The number of halogens is 1. The van der Waals surface area contributed by atoms with E-state index >= 15 is 0 Å². The first-order valence-electron chi connectivity index (χ1n) is 6.38. The number of rotatable bonds is 4. The Balaban J connectivity index is 2.02. The van der Waals surface area contributed by atoms with Crippen LogP contribution in [0.5, 0.6) is 0 Å². The van der Waals surface area contributed by atoms with Gasteiger partial charge in [-0.2, -0.15) is 0 Å². The maximum Gasteiger partial charge on any atom is 0.240 e. The van der Waals surface area contributed by atoms with E-state index in [1.54, 1.807) is 0 Å². The average Bonchev–Trinajstić information content (AvgIpc) is 2.97. The molecule has 1 aromatic heterocycles. The van der Waals surface area contributed by atoms with Gasteiger partial charge < -0.3 is 10.6 Å². The predicted octanol–water partition coefficient (Wildman–Crippen LogP) is 3.11. The summed E-state index contributed by atoms with van der Waals surface area (Å²) in [5.74, 6) is 0.111. The molecule has 2 heterocycles. The number of hydrogen-bond donors (Lipinski definition) is 2. The van der Waals surface area contributed by atoms with Gasteiger partial charge >= 0.3 is 0 Å². The van der Waals surface area contributed by atoms with Crippen LogP contribution in [0.4, 0.5) is 0 Å². The summed E-state index contributed by atoms with van der Waals surface area (Å²) < 4.78 is 0.760. The van der Waals surface area contributed by atoms with E-state index in [0.717, 1.165) is 35.0 Å². The maximum atomic E-state index is 12.4. The average molecular weight is 287 g/mol. The van der Waals surface area contributed by atoms with Crippen LogP contribution in [0.15, 0.2) is 12.1 Å². The standard InChI is InChI=1S/C13H19ClN2OS/c1-3-13(7-4-8-15-13)12(17)16-9(2)10-5-6-11(14)18-10/h5-6,9,15H,3-4,7-8H2,1-2H3,(H,16,17). The minimum Gasteiger partial charge on any atom is -0.347 e. The molecule has 1 fully saturated rings. The van der Waals surface area contributed by atoms with Gasteiger partial charge in [0.05, 0.1) is 15.9 Å². The summed E-state index contributed by atoms with van der Waals surface area (Å²) in [6, 6.07) is 3.85. The van der Waals surface area contributed by atoms with E-state index in [1.807, 2.05) is 19.1 Å². The maximum absolute atomic E-state index is 12.4. The molecule has 0 aromatic carbocycles. The molecule has 1 aliphatic heterocycles. The van der Waals surface area contributed by atoms with Crippen molar-refractivity contribution in [3.63, 3.8) is 0 Å². The Kier molecular flexibility index (Phi) is 4.30. The van der Waals surface area contributed by atoms with Crippen LogP contribution in [0.25, 0.3) is 0 Å². The molecule has 5 heteroatoms. The Labute approximate surface area is 117 Å². The third-order valence-electron chi connectivity index (χ3n) is 3.65. The van der Waals surface area contributed by atoms with Gasteiger partial charge in [-0.05, 0) is 44.9 Å². The van der Waals surface area contributed by atoms with Crippen molar-refractivity contribution in [2.75, 3.05) is 6.54 Å². The van der Waals surface area contributed by atoms with Crippen LogP contribution in [-0.2, 0) is 4.79 Å². The molecule has 1 saturated heterocycles. The zero-order valence-electron chi connectivity index (χ0n) is 10.8. The van der Waals surface area contributed by atoms with Crippen molar-refractivity contribution in [3.8, 4) is 0 Å². The molecule has 100 valence electrons. The molecule has 2 atom stereocenters. The summed E-state index contributed by atoms with van der Waals surface area (Å²) >= 11 is 7.43. The van der Waals surface area contributed by atoms with Crippen LogP contribution >= 0.6 is 22.9 Å². The van der Waals surface area contributed by atoms with E-state index < -0.39 is 0 Å². The summed E-state index contributed by atoms with van der Waals surface area (Å²) in [5.41, 5.74) is -0.366. The Bertz CT molecular complexity index is 426. The fourth-order valence-electron chi connectivity index (χ4n) is 2.43. The fourth-order valence-corrected chi connectivity index (χ4v) is 3.49. The van der Waals surface area contributed by atoms with Crippen molar-refractivity contribution in [2.45, 2.75) is 44.7 Å². The Morgan fingerprint density at radius 3 is 2.94 bits per heavy atom. The van der Waals surface area contributed by atoms with Gasteiger partial charge in [-0.3, -0.25) is 4.79 Å². The highest BCUT2D eigenvalue weighted by Gasteiger charge is 2.39. The minimum atomic E-state index is -0.366. The van der Waals surface area contributed by atoms with Crippen molar-refractivity contribution in [3.05, 3.63) is 21.3 Å². The second kappa shape index (κ2) is 5.59. The van der Waals surface area contributed by atoms with Crippen molar-refractivity contribution in [2.24, 2.45) is 0 Å². The van der Waals surface area contributed by atoms with Gasteiger partial charge in [0.25, 0.3) is 0 Å². The van der Waals surface area contributed by atoms with Gasteiger partial charge in [0, 0.05) is 4.88 Å². The first kappa shape index (κ1) is 13.8. The van der Waals surface area contributed by atoms with Crippen LogP contribution in [0.2, 0.25) is 4.34 Å². The van der Waals surface area contributed by atoms with Gasteiger partial charge in [-0.1, -0.05) is 18.5 Å². The SMILES string of the molecule is CCC1(C(=O)NC(C)c2ccc(Cl)s2)CCCN1. The second-order valence-corrected chi connectivity index (χ2v) is 6.55. The lowest BCUT2D eigenvalue weighted by Crippen LogP contribution is -2.53. The Morgan fingerprint density at radius 2 is 2.44 bits per heavy atom. The third kappa shape index (κ3) is 2.71. The van der Waals surface area contributed by atoms with Gasteiger partial charge in [-0.25, -0.2) is 0 Å². The molecule has 2 rings (SSSR count). The van der Waals surface area contributed by atoms with Gasteiger partial charge in [0.2, 0.25) is 5.91 Å². The molecule has 0 bridgehead atoms.